The van der Waals surface area contributed by atoms with Crippen molar-refractivity contribution in [2.24, 2.45) is 16.7 Å². The van der Waals surface area contributed by atoms with Gasteiger partial charge in [-0.2, -0.15) is 0 Å². The van der Waals surface area contributed by atoms with Crippen LogP contribution in [-0.4, -0.2) is 18.5 Å². The SMILES string of the molecule is CC(C)OC(OC(C)C)C(C)(C)CC(C)(C)C(C)C. The first kappa shape index (κ1) is 18.9. The van der Waals surface area contributed by atoms with Crippen molar-refractivity contribution in [2.45, 2.75) is 94.2 Å². The summed E-state index contributed by atoms with van der Waals surface area (Å²) >= 11 is 0. The van der Waals surface area contributed by atoms with Crippen molar-refractivity contribution < 1.29 is 9.47 Å². The van der Waals surface area contributed by atoms with Crippen molar-refractivity contribution in [3.05, 3.63) is 0 Å². The van der Waals surface area contributed by atoms with Crippen molar-refractivity contribution in [1.29, 1.82) is 0 Å². The molecule has 19 heavy (non-hydrogen) atoms. The lowest BCUT2D eigenvalue weighted by Crippen LogP contribution is -2.41. The summed E-state index contributed by atoms with van der Waals surface area (Å²) < 4.78 is 12.1. The molecule has 0 atom stereocenters. The third kappa shape index (κ3) is 6.76. The highest BCUT2D eigenvalue weighted by atomic mass is 16.7. The molecule has 0 aromatic carbocycles. The molecule has 0 aliphatic rings. The Morgan fingerprint density at radius 2 is 1.05 bits per heavy atom. The molecular formula is C17H36O2. The second kappa shape index (κ2) is 7.08. The van der Waals surface area contributed by atoms with E-state index in [1.807, 2.05) is 0 Å². The lowest BCUT2D eigenvalue weighted by molar-refractivity contribution is -0.237. The molecule has 116 valence electrons. The summed E-state index contributed by atoms with van der Waals surface area (Å²) in [6.07, 6.45) is 1.31. The van der Waals surface area contributed by atoms with Gasteiger partial charge in [0.15, 0.2) is 6.29 Å². The van der Waals surface area contributed by atoms with Crippen LogP contribution < -0.4 is 0 Å². The average molecular weight is 272 g/mol. The minimum atomic E-state index is -0.148. The lowest BCUT2D eigenvalue weighted by Gasteiger charge is -2.42. The van der Waals surface area contributed by atoms with E-state index >= 15 is 0 Å². The highest BCUT2D eigenvalue weighted by molar-refractivity contribution is 4.84. The average Bonchev–Trinajstić information content (AvgIpc) is 2.12. The van der Waals surface area contributed by atoms with Gasteiger partial charge in [0.25, 0.3) is 0 Å². The number of hydrogen-bond donors (Lipinski definition) is 0. The van der Waals surface area contributed by atoms with Crippen LogP contribution in [0.25, 0.3) is 0 Å². The molecule has 0 saturated carbocycles. The maximum Gasteiger partial charge on any atom is 0.163 e. The zero-order valence-corrected chi connectivity index (χ0v) is 14.8. The van der Waals surface area contributed by atoms with Crippen LogP contribution in [0.4, 0.5) is 0 Å². The molecule has 0 amide bonds. The minimum absolute atomic E-state index is 0.00229. The Hall–Kier alpha value is -0.0800. The van der Waals surface area contributed by atoms with E-state index in [1.165, 1.54) is 0 Å². The van der Waals surface area contributed by atoms with Crippen molar-refractivity contribution in [3.8, 4) is 0 Å². The van der Waals surface area contributed by atoms with Crippen molar-refractivity contribution in [2.75, 3.05) is 0 Å². The van der Waals surface area contributed by atoms with E-state index < -0.39 is 0 Å². The molecule has 0 saturated heterocycles. The summed E-state index contributed by atoms with van der Waals surface area (Å²) in [4.78, 5) is 0. The lowest BCUT2D eigenvalue weighted by atomic mass is 9.69. The van der Waals surface area contributed by atoms with E-state index in [0.717, 1.165) is 6.42 Å². The fraction of sp³-hybridized carbons (Fsp3) is 1.00. The second-order valence-corrected chi connectivity index (χ2v) is 8.01. The van der Waals surface area contributed by atoms with Crippen molar-refractivity contribution in [1.82, 2.24) is 0 Å². The van der Waals surface area contributed by atoms with Gasteiger partial charge in [0, 0.05) is 5.41 Å². The van der Waals surface area contributed by atoms with Gasteiger partial charge in [-0.15, -0.1) is 0 Å². The van der Waals surface area contributed by atoms with Crippen LogP contribution in [0.5, 0.6) is 0 Å². The van der Waals surface area contributed by atoms with Crippen LogP contribution >= 0.6 is 0 Å². The molecule has 0 N–H and O–H groups in total. The molecule has 0 aliphatic carbocycles. The molecule has 0 aliphatic heterocycles. The largest absolute Gasteiger partial charge is 0.349 e. The van der Waals surface area contributed by atoms with E-state index in [0.29, 0.717) is 5.92 Å². The third-order valence-corrected chi connectivity index (χ3v) is 3.90. The van der Waals surface area contributed by atoms with Gasteiger partial charge in [0.2, 0.25) is 0 Å². The topological polar surface area (TPSA) is 18.5 Å². The first-order valence-corrected chi connectivity index (χ1v) is 7.69. The van der Waals surface area contributed by atoms with Gasteiger partial charge in [-0.05, 0) is 45.4 Å². The fourth-order valence-electron chi connectivity index (χ4n) is 2.36. The van der Waals surface area contributed by atoms with E-state index in [2.05, 4.69) is 69.2 Å². The molecule has 0 aromatic rings. The smallest absolute Gasteiger partial charge is 0.163 e. The number of hydrogen-bond acceptors (Lipinski definition) is 2. The Morgan fingerprint density at radius 1 is 0.684 bits per heavy atom. The van der Waals surface area contributed by atoms with E-state index in [9.17, 15) is 0 Å². The van der Waals surface area contributed by atoms with Gasteiger partial charge < -0.3 is 9.47 Å². The molecule has 0 unspecified atom stereocenters. The molecule has 2 nitrogen and oxygen atoms in total. The predicted octanol–water partition coefficient (Wildman–Crippen LogP) is 5.26. The molecule has 0 spiro atoms. The van der Waals surface area contributed by atoms with Gasteiger partial charge in [-0.3, -0.25) is 0 Å². The zero-order valence-electron chi connectivity index (χ0n) is 14.8. The van der Waals surface area contributed by atoms with Crippen molar-refractivity contribution >= 4 is 0 Å². The van der Waals surface area contributed by atoms with Crippen LogP contribution in [-0.2, 0) is 9.47 Å². The van der Waals surface area contributed by atoms with Gasteiger partial charge in [0.1, 0.15) is 0 Å². The van der Waals surface area contributed by atoms with Crippen LogP contribution in [0.15, 0.2) is 0 Å². The van der Waals surface area contributed by atoms with E-state index in [1.54, 1.807) is 0 Å². The summed E-state index contributed by atoms with van der Waals surface area (Å²) in [5, 5.41) is 0. The molecule has 0 radical (unpaired) electrons. The van der Waals surface area contributed by atoms with E-state index in [4.69, 9.17) is 9.47 Å². The first-order valence-electron chi connectivity index (χ1n) is 7.69. The molecular weight excluding hydrogens is 236 g/mol. The molecule has 0 rings (SSSR count). The Labute approximate surface area is 121 Å². The summed E-state index contributed by atoms with van der Waals surface area (Å²) in [5.74, 6) is 0.644. The Kier molecular flexibility index (Phi) is 7.05. The zero-order chi connectivity index (χ0) is 15.4. The molecule has 0 heterocycles. The quantitative estimate of drug-likeness (QED) is 0.561. The Bertz CT molecular complexity index is 242. The Morgan fingerprint density at radius 3 is 1.32 bits per heavy atom. The highest BCUT2D eigenvalue weighted by Gasteiger charge is 2.39. The monoisotopic (exact) mass is 272 g/mol. The van der Waals surface area contributed by atoms with Gasteiger partial charge in [0.05, 0.1) is 12.2 Å². The third-order valence-electron chi connectivity index (χ3n) is 3.90. The normalized spacial score (nSPS) is 14.2. The van der Waals surface area contributed by atoms with Gasteiger partial charge in [-0.25, -0.2) is 0 Å². The van der Waals surface area contributed by atoms with Crippen LogP contribution in [0, 0.1) is 16.7 Å². The Balaban J connectivity index is 4.95. The van der Waals surface area contributed by atoms with Gasteiger partial charge in [-0.1, -0.05) is 41.5 Å². The maximum atomic E-state index is 6.03. The second-order valence-electron chi connectivity index (χ2n) is 8.01. The summed E-state index contributed by atoms with van der Waals surface area (Å²) in [6, 6.07) is 0. The van der Waals surface area contributed by atoms with Crippen LogP contribution in [0.3, 0.4) is 0 Å². The van der Waals surface area contributed by atoms with Crippen molar-refractivity contribution in [3.63, 3.8) is 0 Å². The molecule has 2 heteroatoms. The minimum Gasteiger partial charge on any atom is -0.349 e. The number of ether oxygens (including phenoxy) is 2. The maximum absolute atomic E-state index is 6.03. The van der Waals surface area contributed by atoms with Crippen LogP contribution in [0.2, 0.25) is 0 Å². The standard InChI is InChI=1S/C17H36O2/c1-12(2)16(7,8)11-17(9,10)15(18-13(3)4)19-14(5)6/h12-15H,11H2,1-10H3. The molecule has 0 fully saturated rings. The molecule has 0 aromatic heterocycles. The number of rotatable bonds is 8. The highest BCUT2D eigenvalue weighted by Crippen LogP contribution is 2.42. The van der Waals surface area contributed by atoms with Crippen LogP contribution in [0.1, 0.15) is 75.7 Å². The summed E-state index contributed by atoms with van der Waals surface area (Å²) in [6.45, 7) is 22.0. The molecule has 0 bridgehead atoms. The summed E-state index contributed by atoms with van der Waals surface area (Å²) in [5.41, 5.74) is 0.282. The predicted molar refractivity (Wildman–Crippen MR) is 83.2 cm³/mol. The fourth-order valence-corrected chi connectivity index (χ4v) is 2.36. The summed E-state index contributed by atoms with van der Waals surface area (Å²) in [7, 11) is 0. The van der Waals surface area contributed by atoms with Gasteiger partial charge >= 0.3 is 0 Å². The van der Waals surface area contributed by atoms with E-state index in [-0.39, 0.29) is 29.3 Å². The first-order chi connectivity index (χ1) is 8.38.